The predicted molar refractivity (Wildman–Crippen MR) is 123 cm³/mol. The molecule has 1 saturated carbocycles. The maximum atomic E-state index is 11.8. The molecule has 3 rings (SSSR count). The summed E-state index contributed by atoms with van der Waals surface area (Å²) in [5.41, 5.74) is -2.08. The summed E-state index contributed by atoms with van der Waals surface area (Å²) in [5, 5.41) is 54.5. The number of β-amino-alcohol motifs (C(OH)–C–C–N with tert-alkyl or cyclic N) is 1. The Morgan fingerprint density at radius 2 is 1.58 bits per heavy atom. The van der Waals surface area contributed by atoms with Gasteiger partial charge in [-0.1, -0.05) is 13.8 Å². The second kappa shape index (κ2) is 9.54. The summed E-state index contributed by atoms with van der Waals surface area (Å²) >= 11 is 2.83. The van der Waals surface area contributed by atoms with Crippen molar-refractivity contribution in [2.75, 3.05) is 20.6 Å². The van der Waals surface area contributed by atoms with E-state index in [1.807, 2.05) is 13.8 Å². The monoisotopic (exact) mass is 487 g/mol. The van der Waals surface area contributed by atoms with Gasteiger partial charge in [-0.3, -0.25) is 0 Å². The van der Waals surface area contributed by atoms with Gasteiger partial charge in [0.15, 0.2) is 0 Å². The second-order valence-corrected chi connectivity index (χ2v) is 13.0. The molecule has 11 heteroatoms. The molecule has 0 unspecified atom stereocenters. The summed E-state index contributed by atoms with van der Waals surface area (Å²) in [6.07, 6.45) is -4.74. The highest BCUT2D eigenvalue weighted by atomic mass is 27.0. The summed E-state index contributed by atoms with van der Waals surface area (Å²) < 4.78 is 18.1. The highest BCUT2D eigenvalue weighted by Gasteiger charge is 2.68. The van der Waals surface area contributed by atoms with Crippen molar-refractivity contribution in [3.8, 4) is 0 Å². The van der Waals surface area contributed by atoms with E-state index in [4.69, 9.17) is 14.2 Å². The number of fused-ring (bicyclic) bond motifs is 2. The molecule has 2 saturated heterocycles. The Morgan fingerprint density at radius 1 is 0.970 bits per heavy atom. The topological polar surface area (TPSA) is 145 Å². The van der Waals surface area contributed by atoms with Crippen LogP contribution in [0.3, 0.4) is 0 Å². The minimum absolute atomic E-state index is 0.0164. The molecule has 0 aromatic rings. The third-order valence-corrected chi connectivity index (χ3v) is 7.31. The highest BCUT2D eigenvalue weighted by Crippen LogP contribution is 2.46. The number of aliphatic hydroxyl groups is 4. The van der Waals surface area contributed by atoms with Gasteiger partial charge in [0, 0.05) is 18.5 Å². The van der Waals surface area contributed by atoms with Crippen LogP contribution in [-0.4, -0.2) is 123 Å². The SMILES string of the molecule is CN[C@@H]1[C@H](O)[C@H](NC)[C@H]2O[C@]3(O)[C@H](O[C@@H]2[C@H]1O)O[C@H](C)C[C@@]3(O)CNC(C)(C)C[C](C)(C)[Al]. The second-order valence-electron chi connectivity index (χ2n) is 11.4. The molecule has 1 aliphatic carbocycles. The Balaban J connectivity index is 1.89. The fraction of sp³-hybridized carbons (Fsp3) is 1.00. The van der Waals surface area contributed by atoms with E-state index < -0.39 is 60.3 Å². The fourth-order valence-electron chi connectivity index (χ4n) is 5.82. The number of likely N-dealkylation sites (N-methyl/N-ethyl adjacent to an activating group) is 2. The smallest absolute Gasteiger partial charge is 0.249 e. The Hall–Kier alpha value is 0.132. The zero-order chi connectivity index (χ0) is 25.0. The first-order valence-corrected chi connectivity index (χ1v) is 12.3. The summed E-state index contributed by atoms with van der Waals surface area (Å²) in [6.45, 7) is 10.2. The molecular formula is C22H42AlN3O7. The molecule has 3 fully saturated rings. The molecule has 190 valence electrons. The van der Waals surface area contributed by atoms with E-state index in [1.54, 1.807) is 21.0 Å². The molecule has 33 heavy (non-hydrogen) atoms. The molecule has 10 nitrogen and oxygen atoms in total. The van der Waals surface area contributed by atoms with Crippen molar-refractivity contribution >= 4 is 16.3 Å². The molecule has 0 aromatic carbocycles. The molecule has 0 bridgehead atoms. The fourth-order valence-corrected chi connectivity index (χ4v) is 6.33. The lowest BCUT2D eigenvalue weighted by molar-refractivity contribution is -0.482. The number of rotatable bonds is 7. The van der Waals surface area contributed by atoms with Crippen molar-refractivity contribution in [1.82, 2.24) is 16.0 Å². The number of hydrogen-bond acceptors (Lipinski definition) is 10. The van der Waals surface area contributed by atoms with Crippen LogP contribution in [-0.2, 0) is 14.2 Å². The predicted octanol–water partition coefficient (Wildman–Crippen LogP) is -1.64. The normalized spacial score (nSPS) is 46.5. The van der Waals surface area contributed by atoms with Crippen LogP contribution in [0.1, 0.15) is 47.5 Å². The summed E-state index contributed by atoms with van der Waals surface area (Å²) in [7, 11) is 3.31. The minimum Gasteiger partial charge on any atom is -0.390 e. The largest absolute Gasteiger partial charge is 0.390 e. The van der Waals surface area contributed by atoms with E-state index >= 15 is 0 Å². The molecular weight excluding hydrogens is 445 g/mol. The lowest BCUT2D eigenvalue weighted by atomic mass is 9.77. The van der Waals surface area contributed by atoms with E-state index in [9.17, 15) is 20.4 Å². The third kappa shape index (κ3) is 5.31. The van der Waals surface area contributed by atoms with E-state index in [0.29, 0.717) is 0 Å². The van der Waals surface area contributed by atoms with Gasteiger partial charge < -0.3 is 50.6 Å². The Kier molecular flexibility index (Phi) is 8.01. The van der Waals surface area contributed by atoms with Gasteiger partial charge in [0.2, 0.25) is 12.1 Å². The molecule has 0 amide bonds. The van der Waals surface area contributed by atoms with Crippen LogP contribution >= 0.6 is 0 Å². The van der Waals surface area contributed by atoms with Crippen LogP contribution in [0.2, 0.25) is 4.28 Å². The first-order chi connectivity index (χ1) is 15.1. The summed E-state index contributed by atoms with van der Waals surface area (Å²) in [6, 6.07) is -1.33. The number of hydrogen-bond donors (Lipinski definition) is 7. The Morgan fingerprint density at radius 3 is 2.12 bits per heavy atom. The van der Waals surface area contributed by atoms with Gasteiger partial charge in [-0.05, 0) is 41.3 Å². The minimum atomic E-state index is -2.21. The Labute approximate surface area is 205 Å². The zero-order valence-electron chi connectivity index (χ0n) is 20.8. The van der Waals surface area contributed by atoms with E-state index in [2.05, 4.69) is 46.1 Å². The van der Waals surface area contributed by atoms with Crippen molar-refractivity contribution in [3.05, 3.63) is 0 Å². The van der Waals surface area contributed by atoms with Gasteiger partial charge in [0.05, 0.1) is 24.3 Å². The van der Waals surface area contributed by atoms with Crippen molar-refractivity contribution in [2.45, 2.75) is 118 Å². The molecule has 10 atom stereocenters. The maximum absolute atomic E-state index is 11.8. The van der Waals surface area contributed by atoms with Crippen molar-refractivity contribution in [2.24, 2.45) is 0 Å². The number of nitrogens with one attached hydrogen (secondary N) is 3. The molecule has 7 N–H and O–H groups in total. The van der Waals surface area contributed by atoms with Gasteiger partial charge in [0.25, 0.3) is 0 Å². The summed E-state index contributed by atoms with van der Waals surface area (Å²) in [5.74, 6) is -2.21. The van der Waals surface area contributed by atoms with Crippen molar-refractivity contribution < 1.29 is 34.6 Å². The number of aliphatic hydroxyl groups excluding tert-OH is 2. The van der Waals surface area contributed by atoms with Crippen LogP contribution in [0.5, 0.6) is 0 Å². The van der Waals surface area contributed by atoms with Gasteiger partial charge >= 0.3 is 0 Å². The molecule has 2 aliphatic heterocycles. The highest BCUT2D eigenvalue weighted by molar-refractivity contribution is 6.14. The number of ether oxygens (including phenoxy) is 3. The molecule has 0 spiro atoms. The molecule has 2 heterocycles. The maximum Gasteiger partial charge on any atom is 0.249 e. The van der Waals surface area contributed by atoms with Crippen LogP contribution in [0.25, 0.3) is 0 Å². The van der Waals surface area contributed by atoms with Gasteiger partial charge in [-0.15, -0.1) is 4.28 Å². The lowest BCUT2D eigenvalue weighted by Crippen LogP contribution is -2.81. The quantitative estimate of drug-likeness (QED) is 0.209. The third-order valence-electron chi connectivity index (χ3n) is 7.11. The average molecular weight is 488 g/mol. The van der Waals surface area contributed by atoms with Gasteiger partial charge in [0.1, 0.15) is 40.2 Å². The molecule has 3 aliphatic rings. The van der Waals surface area contributed by atoms with E-state index in [1.165, 1.54) is 0 Å². The Bertz CT molecular complexity index is 695. The van der Waals surface area contributed by atoms with Crippen LogP contribution in [0.4, 0.5) is 0 Å². The standard InChI is InChI=1S/C22H42N3O7.Al/c1-11(2)8-20(4,5)25-10-21(28)9-12(3)30-19-22(21,29)32-17-14(24-7)15(26)13(23-6)16(27)18(17)31-19;/h12-19,23-29H,8-10H2,1-7H3;/t12-,13-,14+,15+,16+,17-,18-,19+,21-,22-;/m1./s1. The van der Waals surface area contributed by atoms with E-state index in [-0.39, 0.29) is 22.8 Å². The molecule has 0 aromatic heterocycles. The van der Waals surface area contributed by atoms with Crippen LogP contribution in [0.15, 0.2) is 0 Å². The van der Waals surface area contributed by atoms with Crippen LogP contribution in [0, 0.1) is 0 Å². The first kappa shape index (κ1) is 27.7. The zero-order valence-corrected chi connectivity index (χ0v) is 22.0. The average Bonchev–Trinajstić information content (AvgIpc) is 2.66. The van der Waals surface area contributed by atoms with Gasteiger partial charge in [-0.2, -0.15) is 0 Å². The van der Waals surface area contributed by atoms with Gasteiger partial charge in [-0.25, -0.2) is 0 Å². The first-order valence-electron chi connectivity index (χ1n) is 11.8. The molecule has 2 radical (unpaired) electrons. The van der Waals surface area contributed by atoms with Crippen LogP contribution < -0.4 is 16.0 Å². The van der Waals surface area contributed by atoms with Crippen molar-refractivity contribution in [1.29, 1.82) is 0 Å². The van der Waals surface area contributed by atoms with Crippen molar-refractivity contribution in [3.63, 3.8) is 0 Å². The summed E-state index contributed by atoms with van der Waals surface area (Å²) in [4.78, 5) is 0. The van der Waals surface area contributed by atoms with E-state index in [0.717, 1.165) is 6.42 Å². The lowest BCUT2D eigenvalue weighted by Gasteiger charge is -2.60.